The fourth-order valence-electron chi connectivity index (χ4n) is 1.94. The summed E-state index contributed by atoms with van der Waals surface area (Å²) >= 11 is 3.16. The highest BCUT2D eigenvalue weighted by Gasteiger charge is 2.13. The van der Waals surface area contributed by atoms with Crippen LogP contribution in [-0.4, -0.2) is 19.2 Å². The van der Waals surface area contributed by atoms with Gasteiger partial charge in [0.2, 0.25) is 6.79 Å². The third kappa shape index (κ3) is 2.80. The molecule has 0 bridgehead atoms. The van der Waals surface area contributed by atoms with Crippen LogP contribution in [0.5, 0.6) is 11.5 Å². The van der Waals surface area contributed by atoms with Crippen LogP contribution in [0.15, 0.2) is 39.4 Å². The molecule has 6 heteroatoms. The lowest BCUT2D eigenvalue weighted by Gasteiger charge is -2.04. The summed E-state index contributed by atoms with van der Waals surface area (Å²) in [5.74, 6) is 1.58. The summed E-state index contributed by atoms with van der Waals surface area (Å²) in [6.07, 6.45) is 0.713. The van der Waals surface area contributed by atoms with Crippen molar-refractivity contribution < 1.29 is 18.7 Å². The number of carbonyl (C=O) groups is 1. The molecule has 0 radical (unpaired) electrons. The zero-order chi connectivity index (χ0) is 13.9. The van der Waals surface area contributed by atoms with E-state index in [4.69, 9.17) is 13.9 Å². The zero-order valence-corrected chi connectivity index (χ0v) is 12.1. The topological polar surface area (TPSA) is 60.7 Å². The third-order valence-corrected chi connectivity index (χ3v) is 3.36. The van der Waals surface area contributed by atoms with Crippen molar-refractivity contribution in [3.8, 4) is 11.5 Å². The Balaban J connectivity index is 1.54. The number of amides is 1. The van der Waals surface area contributed by atoms with E-state index < -0.39 is 0 Å². The van der Waals surface area contributed by atoms with E-state index in [1.54, 1.807) is 12.1 Å². The van der Waals surface area contributed by atoms with E-state index in [2.05, 4.69) is 21.2 Å². The molecule has 0 spiro atoms. The number of ether oxygens (including phenoxy) is 2. The van der Waals surface area contributed by atoms with Gasteiger partial charge >= 0.3 is 0 Å². The number of carbonyl (C=O) groups excluding carboxylic acids is 1. The standard InChI is InChI=1S/C14H12BrNO4/c15-13-4-3-11(20-13)14(17)16-6-5-9-1-2-10-12(7-9)19-8-18-10/h1-4,7H,5-6,8H2,(H,16,17). The van der Waals surface area contributed by atoms with Crippen molar-refractivity contribution >= 4 is 21.8 Å². The van der Waals surface area contributed by atoms with Gasteiger partial charge in [0.25, 0.3) is 5.91 Å². The SMILES string of the molecule is O=C(NCCc1ccc2c(c1)OCO2)c1ccc(Br)o1. The molecule has 0 aliphatic carbocycles. The maximum Gasteiger partial charge on any atom is 0.287 e. The Hall–Kier alpha value is -1.95. The highest BCUT2D eigenvalue weighted by molar-refractivity contribution is 9.10. The number of furan rings is 1. The van der Waals surface area contributed by atoms with Gasteiger partial charge in [-0.15, -0.1) is 0 Å². The van der Waals surface area contributed by atoms with E-state index in [1.807, 2.05) is 18.2 Å². The molecule has 1 aromatic carbocycles. The van der Waals surface area contributed by atoms with Crippen LogP contribution >= 0.6 is 15.9 Å². The fraction of sp³-hybridized carbons (Fsp3) is 0.214. The van der Waals surface area contributed by atoms with E-state index in [1.165, 1.54) is 0 Å². The summed E-state index contributed by atoms with van der Waals surface area (Å²) in [4.78, 5) is 11.8. The Kier molecular flexibility index (Phi) is 3.64. The van der Waals surface area contributed by atoms with Gasteiger partial charge < -0.3 is 19.2 Å². The minimum Gasteiger partial charge on any atom is -0.454 e. The van der Waals surface area contributed by atoms with Crippen LogP contribution in [0, 0.1) is 0 Å². The molecule has 0 saturated carbocycles. The van der Waals surface area contributed by atoms with Crippen molar-refractivity contribution in [1.29, 1.82) is 0 Å². The normalized spacial score (nSPS) is 12.4. The predicted octanol–water partition coefficient (Wildman–Crippen LogP) is 2.74. The van der Waals surface area contributed by atoms with Gasteiger partial charge in [0.05, 0.1) is 0 Å². The molecule has 5 nitrogen and oxygen atoms in total. The average Bonchev–Trinajstić information content (AvgIpc) is 3.06. The highest BCUT2D eigenvalue weighted by atomic mass is 79.9. The predicted molar refractivity (Wildman–Crippen MR) is 75.0 cm³/mol. The van der Waals surface area contributed by atoms with Crippen LogP contribution < -0.4 is 14.8 Å². The van der Waals surface area contributed by atoms with E-state index in [-0.39, 0.29) is 12.7 Å². The van der Waals surface area contributed by atoms with Gasteiger partial charge in [0.1, 0.15) is 0 Å². The van der Waals surface area contributed by atoms with E-state index >= 15 is 0 Å². The first kappa shape index (κ1) is 13.1. The van der Waals surface area contributed by atoms with Gasteiger partial charge in [-0.1, -0.05) is 6.07 Å². The minimum absolute atomic E-state index is 0.226. The molecule has 3 rings (SSSR count). The number of benzene rings is 1. The lowest BCUT2D eigenvalue weighted by molar-refractivity contribution is 0.0925. The molecule has 1 aliphatic heterocycles. The van der Waals surface area contributed by atoms with E-state index in [0.29, 0.717) is 23.4 Å². The summed E-state index contributed by atoms with van der Waals surface area (Å²) in [5, 5.41) is 2.80. The minimum atomic E-state index is -0.226. The zero-order valence-electron chi connectivity index (χ0n) is 10.5. The van der Waals surface area contributed by atoms with E-state index in [0.717, 1.165) is 17.1 Å². The molecule has 20 heavy (non-hydrogen) atoms. The van der Waals surface area contributed by atoms with Crippen molar-refractivity contribution in [2.45, 2.75) is 6.42 Å². The summed E-state index contributed by atoms with van der Waals surface area (Å²) in [7, 11) is 0. The van der Waals surface area contributed by atoms with Crippen molar-refractivity contribution in [1.82, 2.24) is 5.32 Å². The number of rotatable bonds is 4. The van der Waals surface area contributed by atoms with Crippen LogP contribution in [-0.2, 0) is 6.42 Å². The summed E-state index contributed by atoms with van der Waals surface area (Å²) in [5.41, 5.74) is 1.08. The summed E-state index contributed by atoms with van der Waals surface area (Å²) in [6.45, 7) is 0.791. The summed E-state index contributed by atoms with van der Waals surface area (Å²) in [6, 6.07) is 9.08. The Morgan fingerprint density at radius 1 is 1.20 bits per heavy atom. The lowest BCUT2D eigenvalue weighted by Crippen LogP contribution is -2.25. The molecule has 1 amide bonds. The molecule has 1 aromatic heterocycles. The van der Waals surface area contributed by atoms with Crippen molar-refractivity contribution in [3.63, 3.8) is 0 Å². The molecule has 104 valence electrons. The van der Waals surface area contributed by atoms with Crippen LogP contribution in [0.2, 0.25) is 0 Å². The van der Waals surface area contributed by atoms with Gasteiger partial charge in [0, 0.05) is 6.54 Å². The monoisotopic (exact) mass is 337 g/mol. The molecule has 0 saturated heterocycles. The van der Waals surface area contributed by atoms with Gasteiger partial charge in [-0.2, -0.15) is 0 Å². The molecule has 2 aromatic rings. The first-order valence-corrected chi connectivity index (χ1v) is 6.94. The Morgan fingerprint density at radius 2 is 2.05 bits per heavy atom. The third-order valence-electron chi connectivity index (χ3n) is 2.93. The van der Waals surface area contributed by atoms with Gasteiger partial charge in [-0.3, -0.25) is 4.79 Å². The Morgan fingerprint density at radius 3 is 2.85 bits per heavy atom. The first-order valence-electron chi connectivity index (χ1n) is 6.14. The Labute approximate surface area is 124 Å². The highest BCUT2D eigenvalue weighted by Crippen LogP contribution is 2.32. The largest absolute Gasteiger partial charge is 0.454 e. The molecular formula is C14H12BrNO4. The van der Waals surface area contributed by atoms with Crippen LogP contribution in [0.4, 0.5) is 0 Å². The Bertz CT molecular complexity index is 638. The number of nitrogens with one attached hydrogen (secondary N) is 1. The number of halogens is 1. The number of hydrogen-bond acceptors (Lipinski definition) is 4. The van der Waals surface area contributed by atoms with Crippen molar-refractivity contribution in [3.05, 3.63) is 46.3 Å². The van der Waals surface area contributed by atoms with Crippen LogP contribution in [0.3, 0.4) is 0 Å². The molecule has 1 aliphatic rings. The maximum absolute atomic E-state index is 11.8. The second-order valence-electron chi connectivity index (χ2n) is 4.30. The lowest BCUT2D eigenvalue weighted by atomic mass is 10.1. The second-order valence-corrected chi connectivity index (χ2v) is 5.08. The van der Waals surface area contributed by atoms with Crippen LogP contribution in [0.1, 0.15) is 16.1 Å². The number of fused-ring (bicyclic) bond motifs is 1. The van der Waals surface area contributed by atoms with Crippen LogP contribution in [0.25, 0.3) is 0 Å². The van der Waals surface area contributed by atoms with Crippen molar-refractivity contribution in [2.75, 3.05) is 13.3 Å². The molecule has 2 heterocycles. The van der Waals surface area contributed by atoms with Crippen molar-refractivity contribution in [2.24, 2.45) is 0 Å². The molecular weight excluding hydrogens is 326 g/mol. The smallest absolute Gasteiger partial charge is 0.287 e. The fourth-order valence-corrected chi connectivity index (χ4v) is 2.25. The van der Waals surface area contributed by atoms with E-state index in [9.17, 15) is 4.79 Å². The average molecular weight is 338 g/mol. The maximum atomic E-state index is 11.8. The molecule has 0 unspecified atom stereocenters. The van der Waals surface area contributed by atoms with Gasteiger partial charge in [-0.25, -0.2) is 0 Å². The quantitative estimate of drug-likeness (QED) is 0.931. The summed E-state index contributed by atoms with van der Waals surface area (Å²) < 4.78 is 16.3. The second kappa shape index (κ2) is 5.58. The molecule has 0 fully saturated rings. The molecule has 0 atom stereocenters. The van der Waals surface area contributed by atoms with Gasteiger partial charge in [0.15, 0.2) is 21.9 Å². The first-order chi connectivity index (χ1) is 9.72. The van der Waals surface area contributed by atoms with Gasteiger partial charge in [-0.05, 0) is 52.2 Å². The molecule has 1 N–H and O–H groups in total. The number of hydrogen-bond donors (Lipinski definition) is 1.